The van der Waals surface area contributed by atoms with Crippen molar-refractivity contribution in [2.24, 2.45) is 0 Å². The maximum absolute atomic E-state index is 12.1. The zero-order valence-electron chi connectivity index (χ0n) is 11.4. The summed E-state index contributed by atoms with van der Waals surface area (Å²) in [7, 11) is 0. The zero-order chi connectivity index (χ0) is 15.2. The Labute approximate surface area is 126 Å². The van der Waals surface area contributed by atoms with E-state index in [2.05, 4.69) is 14.9 Å². The van der Waals surface area contributed by atoms with Crippen LogP contribution in [0.2, 0.25) is 0 Å². The maximum Gasteiger partial charge on any atom is 0.326 e. The van der Waals surface area contributed by atoms with E-state index in [1.807, 2.05) is 37.3 Å². The van der Waals surface area contributed by atoms with E-state index in [1.165, 1.54) is 0 Å². The lowest BCUT2D eigenvalue weighted by Crippen LogP contribution is -2.42. The van der Waals surface area contributed by atoms with Crippen LogP contribution in [0.15, 0.2) is 30.3 Å². The van der Waals surface area contributed by atoms with Crippen LogP contribution >= 0.6 is 11.5 Å². The van der Waals surface area contributed by atoms with E-state index in [0.717, 1.165) is 17.1 Å². The van der Waals surface area contributed by atoms with Gasteiger partial charge >= 0.3 is 5.97 Å². The van der Waals surface area contributed by atoms with Crippen LogP contribution in [0, 0.1) is 0 Å². The van der Waals surface area contributed by atoms with Gasteiger partial charge in [-0.15, -0.1) is 5.10 Å². The molecule has 0 unspecified atom stereocenters. The van der Waals surface area contributed by atoms with E-state index in [4.69, 9.17) is 0 Å². The number of nitrogens with zero attached hydrogens (tertiary/aromatic N) is 2. The summed E-state index contributed by atoms with van der Waals surface area (Å²) < 4.78 is 3.73. The molecule has 0 aliphatic carbocycles. The lowest BCUT2D eigenvalue weighted by Gasteiger charge is -2.14. The first kappa shape index (κ1) is 15.1. The molecule has 110 valence electrons. The lowest BCUT2D eigenvalue weighted by atomic mass is 10.1. The number of aromatic nitrogens is 2. The Bertz CT molecular complexity index is 627. The molecule has 1 aromatic heterocycles. The van der Waals surface area contributed by atoms with Gasteiger partial charge in [-0.05, 0) is 23.5 Å². The Morgan fingerprint density at radius 1 is 1.33 bits per heavy atom. The van der Waals surface area contributed by atoms with Crippen molar-refractivity contribution in [2.45, 2.75) is 25.8 Å². The molecular formula is C14H15N3O3S. The Hall–Kier alpha value is -2.28. The molecule has 0 saturated carbocycles. The highest BCUT2D eigenvalue weighted by Crippen LogP contribution is 2.12. The molecule has 7 heteroatoms. The molecule has 0 bridgehead atoms. The fourth-order valence-corrected chi connectivity index (χ4v) is 2.54. The first-order valence-electron chi connectivity index (χ1n) is 6.50. The van der Waals surface area contributed by atoms with Gasteiger partial charge in [0.25, 0.3) is 5.91 Å². The quantitative estimate of drug-likeness (QED) is 0.844. The second-order valence-electron chi connectivity index (χ2n) is 4.46. The Morgan fingerprint density at radius 2 is 2.05 bits per heavy atom. The summed E-state index contributed by atoms with van der Waals surface area (Å²) in [6.45, 7) is 1.87. The number of rotatable bonds is 6. The van der Waals surface area contributed by atoms with Gasteiger partial charge < -0.3 is 10.4 Å². The molecule has 6 nitrogen and oxygen atoms in total. The molecule has 1 heterocycles. The first-order chi connectivity index (χ1) is 10.1. The van der Waals surface area contributed by atoms with E-state index in [0.29, 0.717) is 17.0 Å². The van der Waals surface area contributed by atoms with E-state index in [-0.39, 0.29) is 6.42 Å². The molecular weight excluding hydrogens is 290 g/mol. The molecule has 1 atom stereocenters. The van der Waals surface area contributed by atoms with Gasteiger partial charge in [-0.1, -0.05) is 41.7 Å². The van der Waals surface area contributed by atoms with Crippen molar-refractivity contribution in [1.82, 2.24) is 14.9 Å². The number of carboxylic acids is 1. The smallest absolute Gasteiger partial charge is 0.326 e. The fraction of sp³-hybridized carbons (Fsp3) is 0.286. The summed E-state index contributed by atoms with van der Waals surface area (Å²) in [6, 6.07) is 8.19. The third kappa shape index (κ3) is 3.85. The molecule has 0 aliphatic rings. The van der Waals surface area contributed by atoms with E-state index >= 15 is 0 Å². The van der Waals surface area contributed by atoms with E-state index in [9.17, 15) is 14.7 Å². The summed E-state index contributed by atoms with van der Waals surface area (Å²) in [4.78, 5) is 23.8. The van der Waals surface area contributed by atoms with Gasteiger partial charge in [0.05, 0.1) is 5.69 Å². The van der Waals surface area contributed by atoms with Crippen molar-refractivity contribution in [3.63, 3.8) is 0 Å². The normalized spacial score (nSPS) is 11.9. The molecule has 0 fully saturated rings. The SMILES string of the molecule is CCc1nnsc1C(=O)N[C@@H](Cc1ccccc1)C(=O)O. The number of hydrogen-bond acceptors (Lipinski definition) is 5. The summed E-state index contributed by atoms with van der Waals surface area (Å²) in [5.74, 6) is -1.51. The molecule has 0 spiro atoms. The van der Waals surface area contributed by atoms with Crippen molar-refractivity contribution in [3.8, 4) is 0 Å². The van der Waals surface area contributed by atoms with Gasteiger partial charge in [0, 0.05) is 6.42 Å². The number of carbonyl (C=O) groups is 2. The highest BCUT2D eigenvalue weighted by molar-refractivity contribution is 7.08. The minimum absolute atomic E-state index is 0.232. The minimum Gasteiger partial charge on any atom is -0.480 e. The average Bonchev–Trinajstić information content (AvgIpc) is 2.96. The number of benzene rings is 1. The lowest BCUT2D eigenvalue weighted by molar-refractivity contribution is -0.139. The highest BCUT2D eigenvalue weighted by Gasteiger charge is 2.23. The second-order valence-corrected chi connectivity index (χ2v) is 5.21. The predicted molar refractivity (Wildman–Crippen MR) is 78.3 cm³/mol. The fourth-order valence-electron chi connectivity index (χ4n) is 1.89. The van der Waals surface area contributed by atoms with Crippen LogP contribution in [0.3, 0.4) is 0 Å². The highest BCUT2D eigenvalue weighted by atomic mass is 32.1. The Kier molecular flexibility index (Phi) is 4.99. The third-order valence-electron chi connectivity index (χ3n) is 2.98. The van der Waals surface area contributed by atoms with Gasteiger partial charge in [0.1, 0.15) is 10.9 Å². The van der Waals surface area contributed by atoms with Crippen molar-refractivity contribution in [3.05, 3.63) is 46.5 Å². The zero-order valence-corrected chi connectivity index (χ0v) is 12.3. The summed E-state index contributed by atoms with van der Waals surface area (Å²) in [5, 5.41) is 15.7. The molecule has 0 radical (unpaired) electrons. The van der Waals surface area contributed by atoms with Gasteiger partial charge in [0.2, 0.25) is 0 Å². The average molecular weight is 305 g/mol. The molecule has 2 aromatic rings. The van der Waals surface area contributed by atoms with Crippen molar-refractivity contribution in [2.75, 3.05) is 0 Å². The number of aliphatic carboxylic acids is 1. The van der Waals surface area contributed by atoms with Gasteiger partial charge in [-0.3, -0.25) is 4.79 Å². The molecule has 0 aliphatic heterocycles. The second kappa shape index (κ2) is 6.94. The van der Waals surface area contributed by atoms with Crippen molar-refractivity contribution < 1.29 is 14.7 Å². The van der Waals surface area contributed by atoms with Crippen LogP contribution in [0.25, 0.3) is 0 Å². The Morgan fingerprint density at radius 3 is 2.67 bits per heavy atom. The van der Waals surface area contributed by atoms with Gasteiger partial charge in [-0.2, -0.15) is 0 Å². The number of hydrogen-bond donors (Lipinski definition) is 2. The van der Waals surface area contributed by atoms with Crippen LogP contribution in [-0.2, 0) is 17.6 Å². The largest absolute Gasteiger partial charge is 0.480 e. The molecule has 0 saturated heterocycles. The standard InChI is InChI=1S/C14H15N3O3S/c1-2-10-12(21-17-16-10)13(18)15-11(14(19)20)8-9-6-4-3-5-7-9/h3-7,11H,2,8H2,1H3,(H,15,18)(H,19,20)/t11-/m0/s1. The number of aryl methyl sites for hydroxylation is 1. The van der Waals surface area contributed by atoms with Crippen LogP contribution < -0.4 is 5.32 Å². The van der Waals surface area contributed by atoms with E-state index in [1.54, 1.807) is 0 Å². The van der Waals surface area contributed by atoms with Gasteiger partial charge in [-0.25, -0.2) is 4.79 Å². The summed E-state index contributed by atoms with van der Waals surface area (Å²) in [6.07, 6.45) is 0.811. The maximum atomic E-state index is 12.1. The van der Waals surface area contributed by atoms with Crippen molar-refractivity contribution in [1.29, 1.82) is 0 Å². The monoisotopic (exact) mass is 305 g/mol. The third-order valence-corrected chi connectivity index (χ3v) is 3.75. The van der Waals surface area contributed by atoms with Crippen LogP contribution in [0.5, 0.6) is 0 Å². The van der Waals surface area contributed by atoms with Crippen LogP contribution in [0.1, 0.15) is 27.9 Å². The molecule has 1 aromatic carbocycles. The number of carboxylic acid groups (broad SMARTS) is 1. The number of nitrogens with one attached hydrogen (secondary N) is 1. The van der Waals surface area contributed by atoms with Crippen LogP contribution in [0.4, 0.5) is 0 Å². The van der Waals surface area contributed by atoms with Gasteiger partial charge in [0.15, 0.2) is 0 Å². The minimum atomic E-state index is -1.07. The van der Waals surface area contributed by atoms with E-state index < -0.39 is 17.9 Å². The topological polar surface area (TPSA) is 92.2 Å². The molecule has 21 heavy (non-hydrogen) atoms. The van der Waals surface area contributed by atoms with Crippen LogP contribution in [-0.4, -0.2) is 32.6 Å². The first-order valence-corrected chi connectivity index (χ1v) is 7.28. The molecule has 2 rings (SSSR count). The summed E-state index contributed by atoms with van der Waals surface area (Å²) in [5.41, 5.74) is 1.43. The summed E-state index contributed by atoms with van der Waals surface area (Å²) >= 11 is 0.976. The Balaban J connectivity index is 2.10. The predicted octanol–water partition coefficient (Wildman–Crippen LogP) is 1.53. The van der Waals surface area contributed by atoms with Crippen molar-refractivity contribution >= 4 is 23.4 Å². The number of carbonyl (C=O) groups excluding carboxylic acids is 1. The molecule has 2 N–H and O–H groups in total. The number of amides is 1. The molecule has 1 amide bonds.